The van der Waals surface area contributed by atoms with Crippen LogP contribution < -0.4 is 5.73 Å². The van der Waals surface area contributed by atoms with E-state index in [1.807, 2.05) is 36.1 Å². The topological polar surface area (TPSA) is 55.6 Å². The summed E-state index contributed by atoms with van der Waals surface area (Å²) in [4.78, 5) is 14.4. The SMILES string of the molecule is CCOC1CCCN(C(=O)CC(C)c2ccc(N)cc2)C1. The lowest BCUT2D eigenvalue weighted by molar-refractivity contribution is -0.135. The molecule has 1 aromatic carbocycles. The standard InChI is InChI=1S/C17H26N2O2/c1-3-21-16-5-4-10-19(12-16)17(20)11-13(2)14-6-8-15(18)9-7-14/h6-9,13,16H,3-5,10-12,18H2,1-2H3. The van der Waals surface area contributed by atoms with Gasteiger partial charge in [-0.3, -0.25) is 4.79 Å². The molecule has 1 aliphatic heterocycles. The van der Waals surface area contributed by atoms with Crippen molar-refractivity contribution in [3.63, 3.8) is 0 Å². The average Bonchev–Trinajstić information content (AvgIpc) is 2.48. The van der Waals surface area contributed by atoms with Crippen molar-refractivity contribution in [1.29, 1.82) is 0 Å². The van der Waals surface area contributed by atoms with Crippen molar-refractivity contribution in [2.75, 3.05) is 25.4 Å². The monoisotopic (exact) mass is 290 g/mol. The summed E-state index contributed by atoms with van der Waals surface area (Å²) in [5.74, 6) is 0.439. The molecule has 2 rings (SSSR count). The van der Waals surface area contributed by atoms with Crippen molar-refractivity contribution in [3.05, 3.63) is 29.8 Å². The Morgan fingerprint density at radius 2 is 2.14 bits per heavy atom. The van der Waals surface area contributed by atoms with Crippen LogP contribution in [-0.4, -0.2) is 36.6 Å². The number of rotatable bonds is 5. The quantitative estimate of drug-likeness (QED) is 0.848. The zero-order valence-corrected chi connectivity index (χ0v) is 13.0. The number of amides is 1. The summed E-state index contributed by atoms with van der Waals surface area (Å²) in [5, 5.41) is 0. The number of nitrogen functional groups attached to an aromatic ring is 1. The van der Waals surface area contributed by atoms with Gasteiger partial charge in [0.05, 0.1) is 6.10 Å². The Morgan fingerprint density at radius 3 is 2.81 bits per heavy atom. The van der Waals surface area contributed by atoms with Crippen LogP contribution in [0.2, 0.25) is 0 Å². The van der Waals surface area contributed by atoms with Crippen LogP contribution in [0, 0.1) is 0 Å². The predicted molar refractivity (Wildman–Crippen MR) is 85.1 cm³/mol. The summed E-state index contributed by atoms with van der Waals surface area (Å²) in [7, 11) is 0. The Bertz CT molecular complexity index is 456. The van der Waals surface area contributed by atoms with Crippen LogP contribution in [-0.2, 0) is 9.53 Å². The van der Waals surface area contributed by atoms with Crippen molar-refractivity contribution in [2.24, 2.45) is 0 Å². The van der Waals surface area contributed by atoms with Gasteiger partial charge in [0.25, 0.3) is 0 Å². The van der Waals surface area contributed by atoms with Crippen molar-refractivity contribution in [1.82, 2.24) is 4.90 Å². The van der Waals surface area contributed by atoms with Crippen LogP contribution in [0.25, 0.3) is 0 Å². The summed E-state index contributed by atoms with van der Waals surface area (Å²) in [6.45, 7) is 6.41. The molecule has 0 saturated carbocycles. The van der Waals surface area contributed by atoms with Crippen LogP contribution >= 0.6 is 0 Å². The van der Waals surface area contributed by atoms with Gasteiger partial charge in [0.15, 0.2) is 0 Å². The van der Waals surface area contributed by atoms with Crippen molar-refractivity contribution in [2.45, 2.75) is 45.1 Å². The molecule has 0 spiro atoms. The first-order chi connectivity index (χ1) is 10.1. The molecule has 2 N–H and O–H groups in total. The van der Waals surface area contributed by atoms with E-state index in [1.54, 1.807) is 0 Å². The van der Waals surface area contributed by atoms with Gasteiger partial charge in [-0.15, -0.1) is 0 Å². The maximum Gasteiger partial charge on any atom is 0.223 e. The minimum Gasteiger partial charge on any atom is -0.399 e. The molecular formula is C17H26N2O2. The summed E-state index contributed by atoms with van der Waals surface area (Å²) in [6.07, 6.45) is 2.85. The number of hydrogen-bond acceptors (Lipinski definition) is 3. The first kappa shape index (κ1) is 15.8. The number of nitrogens with zero attached hydrogens (tertiary/aromatic N) is 1. The number of piperidine rings is 1. The highest BCUT2D eigenvalue weighted by Crippen LogP contribution is 2.22. The highest BCUT2D eigenvalue weighted by Gasteiger charge is 2.25. The molecule has 0 bridgehead atoms. The molecule has 1 amide bonds. The molecule has 0 radical (unpaired) electrons. The fourth-order valence-corrected chi connectivity index (χ4v) is 2.87. The molecule has 4 nitrogen and oxygen atoms in total. The van der Waals surface area contributed by atoms with E-state index in [2.05, 4.69) is 6.92 Å². The number of nitrogens with two attached hydrogens (primary N) is 1. The third-order valence-corrected chi connectivity index (χ3v) is 4.12. The van der Waals surface area contributed by atoms with Crippen molar-refractivity contribution >= 4 is 11.6 Å². The van der Waals surface area contributed by atoms with Crippen LogP contribution in [0.4, 0.5) is 5.69 Å². The van der Waals surface area contributed by atoms with E-state index in [-0.39, 0.29) is 17.9 Å². The van der Waals surface area contributed by atoms with Gasteiger partial charge in [0.2, 0.25) is 5.91 Å². The van der Waals surface area contributed by atoms with Gasteiger partial charge in [-0.05, 0) is 43.4 Å². The fourth-order valence-electron chi connectivity index (χ4n) is 2.87. The highest BCUT2D eigenvalue weighted by molar-refractivity contribution is 5.77. The Hall–Kier alpha value is -1.55. The Balaban J connectivity index is 1.89. The van der Waals surface area contributed by atoms with Crippen molar-refractivity contribution < 1.29 is 9.53 Å². The molecule has 0 aliphatic carbocycles. The Morgan fingerprint density at radius 1 is 1.43 bits per heavy atom. The van der Waals surface area contributed by atoms with Gasteiger partial charge < -0.3 is 15.4 Å². The minimum absolute atomic E-state index is 0.208. The maximum atomic E-state index is 12.4. The first-order valence-electron chi connectivity index (χ1n) is 7.85. The maximum absolute atomic E-state index is 12.4. The van der Waals surface area contributed by atoms with Crippen molar-refractivity contribution in [3.8, 4) is 0 Å². The summed E-state index contributed by atoms with van der Waals surface area (Å²) in [5.41, 5.74) is 7.62. The lowest BCUT2D eigenvalue weighted by atomic mass is 9.96. The number of likely N-dealkylation sites (tertiary alicyclic amines) is 1. The van der Waals surface area contributed by atoms with Crippen LogP contribution in [0.15, 0.2) is 24.3 Å². The Kier molecular flexibility index (Phi) is 5.62. The lowest BCUT2D eigenvalue weighted by Crippen LogP contribution is -2.43. The fraction of sp³-hybridized carbons (Fsp3) is 0.588. The predicted octanol–water partition coefficient (Wildman–Crippen LogP) is 2.79. The molecule has 1 saturated heterocycles. The summed E-state index contributed by atoms with van der Waals surface area (Å²) >= 11 is 0. The molecule has 1 heterocycles. The zero-order valence-electron chi connectivity index (χ0n) is 13.0. The number of carbonyl (C=O) groups is 1. The average molecular weight is 290 g/mol. The van der Waals surface area contributed by atoms with E-state index >= 15 is 0 Å². The van der Waals surface area contributed by atoms with Gasteiger partial charge in [-0.25, -0.2) is 0 Å². The molecule has 1 aliphatic rings. The molecule has 116 valence electrons. The lowest BCUT2D eigenvalue weighted by Gasteiger charge is -2.33. The smallest absolute Gasteiger partial charge is 0.223 e. The molecule has 2 atom stereocenters. The van der Waals surface area contributed by atoms with E-state index in [9.17, 15) is 4.79 Å². The molecule has 2 unspecified atom stereocenters. The number of anilines is 1. The van der Waals surface area contributed by atoms with Gasteiger partial charge in [0.1, 0.15) is 0 Å². The van der Waals surface area contributed by atoms with Gasteiger partial charge in [0, 0.05) is 31.8 Å². The van der Waals surface area contributed by atoms with E-state index < -0.39 is 0 Å². The minimum atomic E-state index is 0.208. The summed E-state index contributed by atoms with van der Waals surface area (Å²) in [6, 6.07) is 7.80. The van der Waals surface area contributed by atoms with Crippen LogP contribution in [0.5, 0.6) is 0 Å². The third-order valence-electron chi connectivity index (χ3n) is 4.12. The van der Waals surface area contributed by atoms with E-state index in [0.717, 1.165) is 37.2 Å². The van der Waals surface area contributed by atoms with Gasteiger partial charge >= 0.3 is 0 Å². The number of carbonyl (C=O) groups excluding carboxylic acids is 1. The number of hydrogen-bond donors (Lipinski definition) is 1. The Labute approximate surface area is 127 Å². The molecule has 1 fully saturated rings. The molecule has 4 heteroatoms. The third kappa shape index (κ3) is 4.46. The van der Waals surface area contributed by atoms with E-state index in [4.69, 9.17) is 10.5 Å². The van der Waals surface area contributed by atoms with E-state index in [0.29, 0.717) is 13.0 Å². The molecular weight excluding hydrogens is 264 g/mol. The normalized spacial score (nSPS) is 20.3. The highest BCUT2D eigenvalue weighted by atomic mass is 16.5. The van der Waals surface area contributed by atoms with Gasteiger partial charge in [-0.1, -0.05) is 19.1 Å². The second-order valence-corrected chi connectivity index (χ2v) is 5.83. The summed E-state index contributed by atoms with van der Waals surface area (Å²) < 4.78 is 5.66. The molecule has 1 aromatic rings. The largest absolute Gasteiger partial charge is 0.399 e. The molecule has 21 heavy (non-hydrogen) atoms. The zero-order chi connectivity index (χ0) is 15.2. The molecule has 0 aromatic heterocycles. The second kappa shape index (κ2) is 7.46. The first-order valence-corrected chi connectivity index (χ1v) is 7.85. The van der Waals surface area contributed by atoms with Gasteiger partial charge in [-0.2, -0.15) is 0 Å². The van der Waals surface area contributed by atoms with Crippen LogP contribution in [0.3, 0.4) is 0 Å². The van der Waals surface area contributed by atoms with Crippen LogP contribution in [0.1, 0.15) is 44.6 Å². The second-order valence-electron chi connectivity index (χ2n) is 5.83. The van der Waals surface area contributed by atoms with E-state index in [1.165, 1.54) is 0 Å². The number of ether oxygens (including phenoxy) is 1. The number of benzene rings is 1.